The van der Waals surface area contributed by atoms with Gasteiger partial charge in [0.05, 0.1) is 0 Å². The summed E-state index contributed by atoms with van der Waals surface area (Å²) in [4.78, 5) is 8.02. The van der Waals surface area contributed by atoms with Gasteiger partial charge in [-0.3, -0.25) is 4.90 Å². The van der Waals surface area contributed by atoms with Crippen molar-refractivity contribution in [3.63, 3.8) is 0 Å². The van der Waals surface area contributed by atoms with Gasteiger partial charge < -0.3 is 9.80 Å². The predicted molar refractivity (Wildman–Crippen MR) is 163 cm³/mol. The first-order valence-corrected chi connectivity index (χ1v) is 15.1. The number of nitrogens with zero attached hydrogens (tertiary/aromatic N) is 3. The second kappa shape index (κ2) is 14.2. The molecule has 1 saturated carbocycles. The number of hydrogen-bond acceptors (Lipinski definition) is 3. The first-order valence-electron chi connectivity index (χ1n) is 15.1. The lowest BCUT2D eigenvalue weighted by molar-refractivity contribution is 0.170. The second-order valence-corrected chi connectivity index (χ2v) is 11.6. The van der Waals surface area contributed by atoms with Gasteiger partial charge in [-0.05, 0) is 82.2 Å². The van der Waals surface area contributed by atoms with Crippen LogP contribution in [0.5, 0.6) is 0 Å². The first kappa shape index (κ1) is 27.9. The van der Waals surface area contributed by atoms with Gasteiger partial charge in [0.15, 0.2) is 0 Å². The highest BCUT2D eigenvalue weighted by atomic mass is 15.2. The molecule has 1 atom stereocenters. The molecular formula is C34H51N3. The zero-order valence-electron chi connectivity index (χ0n) is 23.8. The van der Waals surface area contributed by atoms with E-state index in [4.69, 9.17) is 0 Å². The van der Waals surface area contributed by atoms with Crippen molar-refractivity contribution in [2.75, 3.05) is 50.7 Å². The molecule has 1 aliphatic carbocycles. The van der Waals surface area contributed by atoms with Crippen molar-refractivity contribution < 1.29 is 0 Å². The zero-order valence-corrected chi connectivity index (χ0v) is 23.8. The zero-order chi connectivity index (χ0) is 26.0. The molecule has 0 amide bonds. The van der Waals surface area contributed by atoms with Gasteiger partial charge in [0.1, 0.15) is 0 Å². The number of allylic oxidation sites excluding steroid dienone is 3. The molecule has 4 rings (SSSR count). The summed E-state index contributed by atoms with van der Waals surface area (Å²) in [7, 11) is 0. The van der Waals surface area contributed by atoms with Crippen LogP contribution in [0.2, 0.25) is 0 Å². The highest BCUT2D eigenvalue weighted by Gasteiger charge is 2.23. The van der Waals surface area contributed by atoms with E-state index < -0.39 is 0 Å². The van der Waals surface area contributed by atoms with Crippen molar-refractivity contribution >= 4 is 17.3 Å². The molecule has 0 radical (unpaired) electrons. The van der Waals surface area contributed by atoms with Gasteiger partial charge in [0.2, 0.25) is 0 Å². The summed E-state index contributed by atoms with van der Waals surface area (Å²) < 4.78 is 0. The molecule has 2 fully saturated rings. The van der Waals surface area contributed by atoms with Gasteiger partial charge in [0.25, 0.3) is 0 Å². The van der Waals surface area contributed by atoms with E-state index in [2.05, 4.69) is 78.1 Å². The number of hydrogen-bond donors (Lipinski definition) is 0. The molecule has 3 aliphatic rings. The third-order valence-electron chi connectivity index (χ3n) is 8.88. The van der Waals surface area contributed by atoms with E-state index in [0.29, 0.717) is 12.0 Å². The van der Waals surface area contributed by atoms with Crippen LogP contribution >= 0.6 is 0 Å². The molecule has 0 bridgehead atoms. The van der Waals surface area contributed by atoms with Crippen molar-refractivity contribution in [2.45, 2.75) is 77.7 Å². The fraction of sp³-hybridized carbons (Fsp3) is 0.588. The molecule has 1 unspecified atom stereocenters. The molecule has 2 heterocycles. The Morgan fingerprint density at radius 1 is 0.946 bits per heavy atom. The van der Waals surface area contributed by atoms with Crippen molar-refractivity contribution in [3.05, 3.63) is 66.3 Å². The van der Waals surface area contributed by atoms with Crippen LogP contribution in [0.3, 0.4) is 0 Å². The summed E-state index contributed by atoms with van der Waals surface area (Å²) in [5, 5.41) is 0. The van der Waals surface area contributed by atoms with E-state index in [1.807, 2.05) is 6.08 Å². The van der Waals surface area contributed by atoms with Crippen LogP contribution in [0, 0.1) is 5.92 Å². The lowest BCUT2D eigenvalue weighted by Crippen LogP contribution is -2.44. The summed E-state index contributed by atoms with van der Waals surface area (Å²) in [5.41, 5.74) is 6.65. The minimum atomic E-state index is 0.436. The average Bonchev–Trinajstić information content (AvgIpc) is 2.96. The Hall–Kier alpha value is -2.10. The number of likely N-dealkylation sites (tertiary alicyclic amines) is 1. The monoisotopic (exact) mass is 501 g/mol. The van der Waals surface area contributed by atoms with Gasteiger partial charge in [-0.2, -0.15) is 0 Å². The fourth-order valence-electron chi connectivity index (χ4n) is 6.49. The van der Waals surface area contributed by atoms with E-state index in [9.17, 15) is 0 Å². The van der Waals surface area contributed by atoms with Crippen molar-refractivity contribution in [1.82, 2.24) is 9.80 Å². The van der Waals surface area contributed by atoms with Crippen molar-refractivity contribution in [2.24, 2.45) is 5.92 Å². The van der Waals surface area contributed by atoms with E-state index in [-0.39, 0.29) is 0 Å². The van der Waals surface area contributed by atoms with Crippen LogP contribution in [0.15, 0.2) is 55.2 Å². The van der Waals surface area contributed by atoms with E-state index in [1.165, 1.54) is 99.0 Å². The van der Waals surface area contributed by atoms with Crippen LogP contribution in [-0.4, -0.2) is 61.7 Å². The Morgan fingerprint density at radius 2 is 1.70 bits per heavy atom. The Bertz CT molecular complexity index is 946. The molecule has 3 heteroatoms. The van der Waals surface area contributed by atoms with Gasteiger partial charge in [0, 0.05) is 50.0 Å². The molecule has 0 spiro atoms. The molecule has 3 nitrogen and oxygen atoms in total. The topological polar surface area (TPSA) is 9.72 Å². The molecule has 0 aromatic heterocycles. The maximum Gasteiger partial charge on any atom is 0.0449 e. The lowest BCUT2D eigenvalue weighted by Gasteiger charge is -2.35. The van der Waals surface area contributed by atoms with Crippen molar-refractivity contribution in [1.29, 1.82) is 0 Å². The lowest BCUT2D eigenvalue weighted by atomic mass is 9.81. The molecule has 1 saturated heterocycles. The minimum absolute atomic E-state index is 0.436. The molecule has 37 heavy (non-hydrogen) atoms. The van der Waals surface area contributed by atoms with E-state index in [0.717, 1.165) is 32.6 Å². The standard InChI is InChI=1S/C34H51N3/c1-5-31-17-18-33(30(4)32-15-8-6-9-16-32)34(27-31)37-21-13-10-14-28(2)26-29(3)36(24-25-37)23-22-35-19-11-7-12-20-35/h5,10,14,17-18,26-27,29,32H,1,4,6-9,11-13,15-16,19-25H2,2-3H3/b14-10-,28-26-. The van der Waals surface area contributed by atoms with Gasteiger partial charge in [-0.15, -0.1) is 0 Å². The SMILES string of the molecule is C=Cc1ccc(C(=C)C2CCCCC2)c(N2CC/C=C\C(C)=C/C(C)N(CCN3CCCCC3)CC2)c1. The van der Waals surface area contributed by atoms with Crippen LogP contribution in [-0.2, 0) is 0 Å². The highest BCUT2D eigenvalue weighted by Crippen LogP contribution is 2.38. The molecule has 202 valence electrons. The predicted octanol–water partition coefficient (Wildman–Crippen LogP) is 7.81. The summed E-state index contributed by atoms with van der Waals surface area (Å²) in [6.45, 7) is 21.4. The van der Waals surface area contributed by atoms with Gasteiger partial charge >= 0.3 is 0 Å². The molecule has 2 aliphatic heterocycles. The Balaban J connectivity index is 1.57. The number of benzene rings is 1. The quantitative estimate of drug-likeness (QED) is 0.377. The second-order valence-electron chi connectivity index (χ2n) is 11.6. The Morgan fingerprint density at radius 3 is 2.46 bits per heavy atom. The number of rotatable bonds is 7. The third kappa shape index (κ3) is 7.94. The van der Waals surface area contributed by atoms with Gasteiger partial charge in [-0.25, -0.2) is 0 Å². The summed E-state index contributed by atoms with van der Waals surface area (Å²) in [5.74, 6) is 0.624. The summed E-state index contributed by atoms with van der Waals surface area (Å²) in [6, 6.07) is 7.36. The normalized spacial score (nSPS) is 25.6. The third-order valence-corrected chi connectivity index (χ3v) is 8.88. The summed E-state index contributed by atoms with van der Waals surface area (Å²) >= 11 is 0. The Labute approximate surface area is 227 Å². The maximum absolute atomic E-state index is 4.68. The minimum Gasteiger partial charge on any atom is -0.369 e. The number of piperidine rings is 1. The summed E-state index contributed by atoms with van der Waals surface area (Å²) in [6.07, 6.45) is 21.0. The maximum atomic E-state index is 4.68. The largest absolute Gasteiger partial charge is 0.369 e. The smallest absolute Gasteiger partial charge is 0.0449 e. The Kier molecular flexibility index (Phi) is 10.7. The van der Waals surface area contributed by atoms with Crippen LogP contribution in [0.4, 0.5) is 5.69 Å². The molecule has 0 N–H and O–H groups in total. The van der Waals surface area contributed by atoms with Crippen LogP contribution in [0.25, 0.3) is 11.6 Å². The fourth-order valence-corrected chi connectivity index (χ4v) is 6.49. The van der Waals surface area contributed by atoms with Crippen LogP contribution in [0.1, 0.15) is 82.8 Å². The average molecular weight is 502 g/mol. The number of anilines is 1. The van der Waals surface area contributed by atoms with E-state index in [1.54, 1.807) is 0 Å². The highest BCUT2D eigenvalue weighted by molar-refractivity contribution is 5.79. The first-order chi connectivity index (χ1) is 18.0. The van der Waals surface area contributed by atoms with Crippen molar-refractivity contribution in [3.8, 4) is 0 Å². The molecule has 1 aromatic carbocycles. The molecule has 1 aromatic rings. The van der Waals surface area contributed by atoms with Crippen LogP contribution < -0.4 is 4.90 Å². The van der Waals surface area contributed by atoms with Gasteiger partial charge in [-0.1, -0.05) is 80.9 Å². The molecular weight excluding hydrogens is 450 g/mol. The van der Waals surface area contributed by atoms with E-state index >= 15 is 0 Å².